The number of nitrogens with zero attached hydrogens (tertiary/aromatic N) is 1. The molecule has 32 heavy (non-hydrogen) atoms. The van der Waals surface area contributed by atoms with E-state index in [1.54, 1.807) is 30.3 Å². The van der Waals surface area contributed by atoms with Crippen molar-refractivity contribution in [3.63, 3.8) is 0 Å². The van der Waals surface area contributed by atoms with Gasteiger partial charge < -0.3 is 9.84 Å². The van der Waals surface area contributed by atoms with Crippen LogP contribution >= 0.6 is 27.5 Å². The number of hydrogen-bond acceptors (Lipinski definition) is 3. The number of halogens is 3. The molecule has 1 N–H and O–H groups in total. The first-order valence-corrected chi connectivity index (χ1v) is 10.8. The molecular formula is C25H16BrClFNO3. The van der Waals surface area contributed by atoms with E-state index in [9.17, 15) is 14.3 Å². The predicted molar refractivity (Wildman–Crippen MR) is 126 cm³/mol. The highest BCUT2D eigenvalue weighted by molar-refractivity contribution is 9.10. The Morgan fingerprint density at radius 2 is 1.75 bits per heavy atom. The monoisotopic (exact) mass is 511 g/mol. The average Bonchev–Trinajstić information content (AvgIpc) is 2.79. The fraction of sp³-hybridized carbons (Fsp3) is 0.0400. The number of ether oxygens (including phenoxy) is 1. The van der Waals surface area contributed by atoms with Crippen molar-refractivity contribution >= 4 is 33.5 Å². The molecule has 0 saturated heterocycles. The Bertz CT molecular complexity index is 1310. The molecular weight excluding hydrogens is 497 g/mol. The summed E-state index contributed by atoms with van der Waals surface area (Å²) >= 11 is 9.33. The van der Waals surface area contributed by atoms with Crippen LogP contribution in [-0.2, 0) is 6.61 Å². The van der Waals surface area contributed by atoms with E-state index in [4.69, 9.17) is 16.3 Å². The van der Waals surface area contributed by atoms with E-state index in [1.165, 1.54) is 12.1 Å². The summed E-state index contributed by atoms with van der Waals surface area (Å²) in [5.41, 5.74) is 3.17. The number of aromatic nitrogens is 1. The van der Waals surface area contributed by atoms with Gasteiger partial charge in [-0.3, -0.25) is 0 Å². The van der Waals surface area contributed by atoms with Gasteiger partial charge >= 0.3 is 5.97 Å². The van der Waals surface area contributed by atoms with Gasteiger partial charge in [0.25, 0.3) is 0 Å². The van der Waals surface area contributed by atoms with E-state index >= 15 is 0 Å². The van der Waals surface area contributed by atoms with Gasteiger partial charge in [0.15, 0.2) is 0 Å². The third-order valence-electron chi connectivity index (χ3n) is 4.80. The molecule has 1 heterocycles. The highest BCUT2D eigenvalue weighted by Crippen LogP contribution is 2.38. The fourth-order valence-electron chi connectivity index (χ4n) is 3.28. The maximum atomic E-state index is 14.2. The lowest BCUT2D eigenvalue weighted by molar-refractivity contribution is 0.0690. The molecule has 3 aromatic carbocycles. The molecule has 0 fully saturated rings. The SMILES string of the molecule is O=C(O)c1cccc(-c2ccccc2-c2cc(Br)ccc2OCc2ccc(Cl)cc2F)n1. The van der Waals surface area contributed by atoms with Gasteiger partial charge in [0, 0.05) is 26.2 Å². The highest BCUT2D eigenvalue weighted by atomic mass is 79.9. The summed E-state index contributed by atoms with van der Waals surface area (Å²) in [5, 5.41) is 9.63. The van der Waals surface area contributed by atoms with Crippen molar-refractivity contribution in [2.24, 2.45) is 0 Å². The standard InChI is InChI=1S/C25H16BrClFNO3/c26-16-9-11-24(32-14-15-8-10-17(27)13-21(15)28)20(12-16)18-4-1-2-5-19(18)22-6-3-7-23(29-22)25(30)31/h1-13H,14H2,(H,30,31). The van der Waals surface area contributed by atoms with Gasteiger partial charge in [-0.15, -0.1) is 0 Å². The van der Waals surface area contributed by atoms with Crippen LogP contribution in [0.15, 0.2) is 83.3 Å². The van der Waals surface area contributed by atoms with Gasteiger partial charge in [0.1, 0.15) is 23.9 Å². The van der Waals surface area contributed by atoms with Crippen molar-refractivity contribution in [1.82, 2.24) is 4.98 Å². The molecule has 0 bridgehead atoms. The van der Waals surface area contributed by atoms with Gasteiger partial charge in [-0.25, -0.2) is 14.2 Å². The summed E-state index contributed by atoms with van der Waals surface area (Å²) in [4.78, 5) is 15.7. The molecule has 7 heteroatoms. The van der Waals surface area contributed by atoms with E-state index in [-0.39, 0.29) is 12.3 Å². The van der Waals surface area contributed by atoms with E-state index in [0.717, 1.165) is 21.2 Å². The summed E-state index contributed by atoms with van der Waals surface area (Å²) in [7, 11) is 0. The summed E-state index contributed by atoms with van der Waals surface area (Å²) in [6.45, 7) is 0.0204. The highest BCUT2D eigenvalue weighted by Gasteiger charge is 2.15. The Labute approximate surface area is 197 Å². The Morgan fingerprint density at radius 1 is 0.969 bits per heavy atom. The Hall–Kier alpha value is -3.22. The van der Waals surface area contributed by atoms with Gasteiger partial charge in [0.2, 0.25) is 0 Å². The number of carboxylic acids is 1. The Morgan fingerprint density at radius 3 is 2.50 bits per heavy atom. The third kappa shape index (κ3) is 4.82. The Kier molecular flexibility index (Phi) is 6.53. The van der Waals surface area contributed by atoms with E-state index in [2.05, 4.69) is 20.9 Å². The van der Waals surface area contributed by atoms with Crippen molar-refractivity contribution in [2.75, 3.05) is 0 Å². The van der Waals surface area contributed by atoms with Crippen LogP contribution in [0, 0.1) is 5.82 Å². The maximum Gasteiger partial charge on any atom is 0.354 e. The van der Waals surface area contributed by atoms with Crippen molar-refractivity contribution in [2.45, 2.75) is 6.61 Å². The summed E-state index contributed by atoms with van der Waals surface area (Å²) in [6.07, 6.45) is 0. The lowest BCUT2D eigenvalue weighted by atomic mass is 9.96. The minimum absolute atomic E-state index is 0.0204. The number of benzene rings is 3. The molecule has 1 aromatic heterocycles. The van der Waals surface area contributed by atoms with Crippen LogP contribution in [0.3, 0.4) is 0 Å². The smallest absolute Gasteiger partial charge is 0.354 e. The molecule has 160 valence electrons. The zero-order valence-corrected chi connectivity index (χ0v) is 18.9. The first-order chi connectivity index (χ1) is 15.4. The lowest BCUT2D eigenvalue weighted by Gasteiger charge is -2.16. The number of hydrogen-bond donors (Lipinski definition) is 1. The topological polar surface area (TPSA) is 59.4 Å². The van der Waals surface area contributed by atoms with Crippen molar-refractivity contribution < 1.29 is 19.0 Å². The second-order valence-corrected chi connectivity index (χ2v) is 8.28. The zero-order chi connectivity index (χ0) is 22.7. The summed E-state index contributed by atoms with van der Waals surface area (Å²) in [6, 6.07) is 22.3. The fourth-order valence-corrected chi connectivity index (χ4v) is 3.80. The summed E-state index contributed by atoms with van der Waals surface area (Å²) < 4.78 is 21.0. The van der Waals surface area contributed by atoms with Crippen LogP contribution in [0.2, 0.25) is 5.02 Å². The minimum Gasteiger partial charge on any atom is -0.488 e. The average molecular weight is 513 g/mol. The quantitative estimate of drug-likeness (QED) is 0.296. The van der Waals surface area contributed by atoms with Gasteiger partial charge in [-0.05, 0) is 48.0 Å². The van der Waals surface area contributed by atoms with Crippen LogP contribution in [0.1, 0.15) is 16.1 Å². The number of aromatic carboxylic acids is 1. The lowest BCUT2D eigenvalue weighted by Crippen LogP contribution is -2.02. The third-order valence-corrected chi connectivity index (χ3v) is 5.53. The number of pyridine rings is 1. The first kappa shape index (κ1) is 22.0. The second kappa shape index (κ2) is 9.51. The van der Waals surface area contributed by atoms with Crippen molar-refractivity contribution in [3.05, 3.63) is 105 Å². The van der Waals surface area contributed by atoms with Crippen LogP contribution < -0.4 is 4.74 Å². The van der Waals surface area contributed by atoms with Crippen LogP contribution in [0.25, 0.3) is 22.4 Å². The van der Waals surface area contributed by atoms with Crippen LogP contribution in [0.4, 0.5) is 4.39 Å². The van der Waals surface area contributed by atoms with Crippen LogP contribution in [-0.4, -0.2) is 16.1 Å². The normalized spacial score (nSPS) is 10.7. The molecule has 0 unspecified atom stereocenters. The molecule has 0 atom stereocenters. The molecule has 0 saturated carbocycles. The zero-order valence-electron chi connectivity index (χ0n) is 16.6. The number of carbonyl (C=O) groups is 1. The van der Waals surface area contributed by atoms with E-state index in [0.29, 0.717) is 22.0 Å². The number of rotatable bonds is 6. The van der Waals surface area contributed by atoms with Crippen molar-refractivity contribution in [1.29, 1.82) is 0 Å². The molecule has 0 radical (unpaired) electrons. The molecule has 0 aliphatic heterocycles. The van der Waals surface area contributed by atoms with Gasteiger partial charge in [-0.2, -0.15) is 0 Å². The molecule has 0 aliphatic rings. The molecule has 4 aromatic rings. The molecule has 4 nitrogen and oxygen atoms in total. The van der Waals surface area contributed by atoms with E-state index in [1.807, 2.05) is 36.4 Å². The second-order valence-electron chi connectivity index (χ2n) is 6.92. The predicted octanol–water partition coefficient (Wildman–Crippen LogP) is 7.25. The molecule has 0 aliphatic carbocycles. The number of carboxylic acid groups (broad SMARTS) is 1. The van der Waals surface area contributed by atoms with E-state index < -0.39 is 11.8 Å². The maximum absolute atomic E-state index is 14.2. The molecule has 0 spiro atoms. The molecule has 0 amide bonds. The largest absolute Gasteiger partial charge is 0.488 e. The minimum atomic E-state index is -1.10. The summed E-state index contributed by atoms with van der Waals surface area (Å²) in [5.74, 6) is -0.989. The molecule has 4 rings (SSSR count). The Balaban J connectivity index is 1.75. The van der Waals surface area contributed by atoms with Crippen molar-refractivity contribution in [3.8, 4) is 28.1 Å². The first-order valence-electron chi connectivity index (χ1n) is 9.59. The van der Waals surface area contributed by atoms with Gasteiger partial charge in [0.05, 0.1) is 5.69 Å². The van der Waals surface area contributed by atoms with Crippen LogP contribution in [0.5, 0.6) is 5.75 Å². The van der Waals surface area contributed by atoms with Gasteiger partial charge in [-0.1, -0.05) is 63.9 Å².